The number of anilines is 1. The normalized spacial score (nSPS) is 21.9. The van der Waals surface area contributed by atoms with E-state index in [2.05, 4.69) is 30.3 Å². The first kappa shape index (κ1) is 15.3. The first-order chi connectivity index (χ1) is 11.8. The topological polar surface area (TPSA) is 82.1 Å². The Kier molecular flexibility index (Phi) is 4.27. The molecule has 0 amide bonds. The number of piperidine rings is 1. The van der Waals surface area contributed by atoms with E-state index in [9.17, 15) is 0 Å². The highest BCUT2D eigenvalue weighted by atomic mass is 15.5. The molecule has 24 heavy (non-hydrogen) atoms. The summed E-state index contributed by atoms with van der Waals surface area (Å²) in [5, 5.41) is 9.88. The van der Waals surface area contributed by atoms with Gasteiger partial charge in [0.2, 0.25) is 0 Å². The van der Waals surface area contributed by atoms with Gasteiger partial charge in [-0.1, -0.05) is 0 Å². The summed E-state index contributed by atoms with van der Waals surface area (Å²) >= 11 is 0. The molecule has 0 spiro atoms. The van der Waals surface area contributed by atoms with E-state index in [4.69, 9.17) is 5.73 Å². The molecule has 1 aromatic heterocycles. The van der Waals surface area contributed by atoms with Crippen LogP contribution in [0.2, 0.25) is 0 Å². The number of fused-ring (bicyclic) bond motifs is 1. The van der Waals surface area contributed by atoms with Gasteiger partial charge < -0.3 is 11.1 Å². The van der Waals surface area contributed by atoms with Crippen LogP contribution in [0.25, 0.3) is 0 Å². The van der Waals surface area contributed by atoms with Crippen molar-refractivity contribution in [1.82, 2.24) is 14.9 Å². The molecule has 3 aliphatic rings. The Bertz CT molecular complexity index is 671. The molecule has 0 bridgehead atoms. The van der Waals surface area contributed by atoms with E-state index in [1.807, 2.05) is 12.1 Å². The van der Waals surface area contributed by atoms with Crippen LogP contribution in [-0.4, -0.2) is 59.3 Å². The smallest absolute Gasteiger partial charge is 0.157 e. The fraction of sp³-hybridized carbons (Fsp3) is 0.471. The molecule has 0 atom stereocenters. The summed E-state index contributed by atoms with van der Waals surface area (Å²) < 4.78 is 0. The zero-order valence-corrected chi connectivity index (χ0v) is 13.7. The molecular weight excluding hydrogens is 302 g/mol. The number of likely N-dealkylation sites (tertiary alicyclic amines) is 1. The fourth-order valence-corrected chi connectivity index (χ4v) is 3.46. The number of rotatable bonds is 3. The number of pyridine rings is 1. The van der Waals surface area contributed by atoms with Crippen LogP contribution < -0.4 is 11.1 Å². The largest absolute Gasteiger partial charge is 0.338 e. The van der Waals surface area contributed by atoms with Gasteiger partial charge in [-0.15, -0.1) is 0 Å². The highest BCUT2D eigenvalue weighted by Gasteiger charge is 2.29. The van der Waals surface area contributed by atoms with Crippen LogP contribution in [0, 0.1) is 0 Å². The van der Waals surface area contributed by atoms with E-state index in [-0.39, 0.29) is 0 Å². The van der Waals surface area contributed by atoms with E-state index in [1.54, 1.807) is 18.7 Å². The lowest BCUT2D eigenvalue weighted by Gasteiger charge is -2.31. The quantitative estimate of drug-likeness (QED) is 0.873. The maximum Gasteiger partial charge on any atom is 0.157 e. The minimum atomic E-state index is 0.365. The van der Waals surface area contributed by atoms with Gasteiger partial charge in [0.15, 0.2) is 5.84 Å². The summed E-state index contributed by atoms with van der Waals surface area (Å²) in [7, 11) is 0. The molecule has 1 fully saturated rings. The van der Waals surface area contributed by atoms with Gasteiger partial charge in [0.05, 0.1) is 0 Å². The van der Waals surface area contributed by atoms with Crippen LogP contribution in [0.1, 0.15) is 19.3 Å². The molecule has 3 aliphatic heterocycles. The Morgan fingerprint density at radius 1 is 1.17 bits per heavy atom. The van der Waals surface area contributed by atoms with Crippen LogP contribution in [0.15, 0.2) is 45.9 Å². The van der Waals surface area contributed by atoms with Crippen molar-refractivity contribution < 1.29 is 0 Å². The number of aromatic nitrogens is 1. The van der Waals surface area contributed by atoms with Crippen molar-refractivity contribution in [3.63, 3.8) is 0 Å². The van der Waals surface area contributed by atoms with Crippen molar-refractivity contribution in [2.45, 2.75) is 25.3 Å². The second-order valence-corrected chi connectivity index (χ2v) is 6.51. The predicted octanol–water partition coefficient (Wildman–Crippen LogP) is 1.23. The van der Waals surface area contributed by atoms with Gasteiger partial charge in [0.25, 0.3) is 0 Å². The molecule has 0 aliphatic carbocycles. The van der Waals surface area contributed by atoms with Crippen LogP contribution in [0.4, 0.5) is 5.69 Å². The summed E-state index contributed by atoms with van der Waals surface area (Å²) in [6, 6.07) is 4.25. The maximum atomic E-state index is 6.02. The summed E-state index contributed by atoms with van der Waals surface area (Å²) in [4.78, 5) is 11.0. The van der Waals surface area contributed by atoms with Crippen LogP contribution in [-0.2, 0) is 0 Å². The van der Waals surface area contributed by atoms with Gasteiger partial charge >= 0.3 is 0 Å². The zero-order chi connectivity index (χ0) is 16.4. The SMILES string of the molecule is NC1CCN(CC2=C3C(Nc4ccncc4)=NC=NN3CC2)CC1. The number of amidine groups is 1. The average molecular weight is 325 g/mol. The Balaban J connectivity index is 1.53. The number of hydrazone groups is 1. The monoisotopic (exact) mass is 325 g/mol. The number of nitrogens with zero attached hydrogens (tertiary/aromatic N) is 5. The summed E-state index contributed by atoms with van der Waals surface area (Å²) in [5.74, 6) is 0.873. The van der Waals surface area contributed by atoms with Gasteiger partial charge in [-0.3, -0.25) is 14.9 Å². The second kappa shape index (κ2) is 6.70. The van der Waals surface area contributed by atoms with Gasteiger partial charge in [0.1, 0.15) is 12.0 Å². The van der Waals surface area contributed by atoms with Gasteiger partial charge in [-0.25, -0.2) is 4.99 Å². The third kappa shape index (κ3) is 3.18. The van der Waals surface area contributed by atoms with Gasteiger partial charge in [0, 0.05) is 37.2 Å². The number of hydrogen-bond donors (Lipinski definition) is 2. The molecule has 7 heteroatoms. The first-order valence-electron chi connectivity index (χ1n) is 8.55. The fourth-order valence-electron chi connectivity index (χ4n) is 3.46. The lowest BCUT2D eigenvalue weighted by Crippen LogP contribution is -2.40. The highest BCUT2D eigenvalue weighted by Crippen LogP contribution is 2.28. The Morgan fingerprint density at radius 2 is 1.96 bits per heavy atom. The Morgan fingerprint density at radius 3 is 2.75 bits per heavy atom. The van der Waals surface area contributed by atoms with Crippen LogP contribution in [0.3, 0.4) is 0 Å². The molecule has 1 aromatic rings. The Labute approximate surface area is 141 Å². The molecule has 0 saturated carbocycles. The molecule has 3 N–H and O–H groups in total. The Hall–Kier alpha value is -2.25. The molecule has 0 unspecified atom stereocenters. The molecule has 4 rings (SSSR count). The molecule has 0 radical (unpaired) electrons. The van der Waals surface area contributed by atoms with Crippen molar-refractivity contribution in [2.24, 2.45) is 15.8 Å². The third-order valence-electron chi connectivity index (χ3n) is 4.81. The number of aliphatic imine (C=N–C) groups is 1. The minimum absolute atomic E-state index is 0.365. The maximum absolute atomic E-state index is 6.02. The molecular formula is C17H23N7. The van der Waals surface area contributed by atoms with E-state index >= 15 is 0 Å². The van der Waals surface area contributed by atoms with Crippen molar-refractivity contribution >= 4 is 17.9 Å². The van der Waals surface area contributed by atoms with Gasteiger partial charge in [-0.2, -0.15) is 5.10 Å². The molecule has 0 aromatic carbocycles. The standard InChI is InChI=1S/C17H23N7/c18-14-4-8-23(9-5-14)11-13-3-10-24-16(13)17(20-12-21-24)22-15-1-6-19-7-2-15/h1-2,6-7,12,14H,3-5,8-11,18H2,(H,19,20,21,22). The highest BCUT2D eigenvalue weighted by molar-refractivity contribution is 6.11. The summed E-state index contributed by atoms with van der Waals surface area (Å²) in [6.07, 6.45) is 8.38. The molecule has 7 nitrogen and oxygen atoms in total. The number of nitrogens with one attached hydrogen (secondary N) is 1. The molecule has 4 heterocycles. The molecule has 126 valence electrons. The van der Waals surface area contributed by atoms with E-state index in [0.29, 0.717) is 6.04 Å². The predicted molar refractivity (Wildman–Crippen MR) is 95.8 cm³/mol. The molecule has 1 saturated heterocycles. The lowest BCUT2D eigenvalue weighted by atomic mass is 10.0. The van der Waals surface area contributed by atoms with Gasteiger partial charge in [-0.05, 0) is 50.1 Å². The lowest BCUT2D eigenvalue weighted by molar-refractivity contribution is 0.228. The van der Waals surface area contributed by atoms with E-state index in [1.165, 1.54) is 5.57 Å². The summed E-state index contributed by atoms with van der Waals surface area (Å²) in [5.41, 5.74) is 9.54. The van der Waals surface area contributed by atoms with Crippen LogP contribution in [0.5, 0.6) is 0 Å². The minimum Gasteiger partial charge on any atom is -0.338 e. The van der Waals surface area contributed by atoms with Crippen LogP contribution >= 0.6 is 0 Å². The number of hydrogen-bond acceptors (Lipinski definition) is 7. The zero-order valence-electron chi connectivity index (χ0n) is 13.7. The second-order valence-electron chi connectivity index (χ2n) is 6.51. The van der Waals surface area contributed by atoms with E-state index < -0.39 is 0 Å². The average Bonchev–Trinajstić information content (AvgIpc) is 3.02. The third-order valence-corrected chi connectivity index (χ3v) is 4.81. The van der Waals surface area contributed by atoms with E-state index in [0.717, 1.165) is 62.7 Å². The van der Waals surface area contributed by atoms with Crippen molar-refractivity contribution in [2.75, 3.05) is 31.5 Å². The summed E-state index contributed by atoms with van der Waals surface area (Å²) in [6.45, 7) is 4.05. The van der Waals surface area contributed by atoms with Crippen molar-refractivity contribution in [3.8, 4) is 0 Å². The number of nitrogens with two attached hydrogens (primary N) is 1. The first-order valence-corrected chi connectivity index (χ1v) is 8.55. The van der Waals surface area contributed by atoms with Crippen molar-refractivity contribution in [3.05, 3.63) is 35.8 Å². The van der Waals surface area contributed by atoms with Crippen molar-refractivity contribution in [1.29, 1.82) is 0 Å².